The Morgan fingerprint density at radius 1 is 1.24 bits per heavy atom. The fourth-order valence-electron chi connectivity index (χ4n) is 4.63. The van der Waals surface area contributed by atoms with Crippen molar-refractivity contribution in [1.82, 2.24) is 15.3 Å². The van der Waals surface area contributed by atoms with Gasteiger partial charge in [-0.15, -0.1) is 22.7 Å². The van der Waals surface area contributed by atoms with Crippen LogP contribution in [0.15, 0.2) is 36.0 Å². The van der Waals surface area contributed by atoms with Crippen LogP contribution < -0.4 is 10.6 Å². The number of halogens is 1. The van der Waals surface area contributed by atoms with Crippen molar-refractivity contribution in [3.05, 3.63) is 46.7 Å². The molecule has 1 spiro atoms. The van der Waals surface area contributed by atoms with E-state index < -0.39 is 0 Å². The van der Waals surface area contributed by atoms with Crippen molar-refractivity contribution >= 4 is 54.5 Å². The number of nitrogens with one attached hydrogen (secondary N) is 2. The van der Waals surface area contributed by atoms with Crippen LogP contribution in [0.4, 0.5) is 15.8 Å². The predicted octanol–water partition coefficient (Wildman–Crippen LogP) is 5.02. The predicted molar refractivity (Wildman–Crippen MR) is 116 cm³/mol. The van der Waals surface area contributed by atoms with Gasteiger partial charge in [0, 0.05) is 29.0 Å². The Morgan fingerprint density at radius 3 is 3.10 bits per heavy atom. The van der Waals surface area contributed by atoms with Gasteiger partial charge in [0.2, 0.25) is 0 Å². The third-order valence-electron chi connectivity index (χ3n) is 6.12. The van der Waals surface area contributed by atoms with E-state index in [-0.39, 0.29) is 11.4 Å². The number of thiazole rings is 1. The third-order valence-corrected chi connectivity index (χ3v) is 8.07. The largest absolute Gasteiger partial charge is 0.379 e. The quantitative estimate of drug-likeness (QED) is 0.481. The molecule has 6 rings (SSSR count). The van der Waals surface area contributed by atoms with Crippen LogP contribution in [-0.4, -0.2) is 35.3 Å². The Morgan fingerprint density at radius 2 is 2.21 bits per heavy atom. The molecule has 2 atom stereocenters. The fraction of sp³-hybridized carbons (Fsp3) is 0.333. The number of hydrogen-bond acceptors (Lipinski definition) is 7. The van der Waals surface area contributed by atoms with Crippen molar-refractivity contribution in [1.29, 1.82) is 0 Å². The first-order valence-corrected chi connectivity index (χ1v) is 11.4. The number of anilines is 2. The average Bonchev–Trinajstić information content (AvgIpc) is 3.50. The second-order valence-electron chi connectivity index (χ2n) is 7.73. The highest BCUT2D eigenvalue weighted by Gasteiger charge is 2.46. The smallest absolute Gasteiger partial charge is 0.148 e. The van der Waals surface area contributed by atoms with Crippen molar-refractivity contribution in [3.8, 4) is 0 Å². The van der Waals surface area contributed by atoms with Gasteiger partial charge in [0.1, 0.15) is 10.6 Å². The molecular formula is C21H19FN4OS2. The number of ether oxygens (including phenoxy) is 1. The summed E-state index contributed by atoms with van der Waals surface area (Å²) in [7, 11) is 0. The molecule has 0 aliphatic carbocycles. The van der Waals surface area contributed by atoms with Crippen LogP contribution in [0.5, 0.6) is 0 Å². The molecule has 2 saturated heterocycles. The zero-order valence-corrected chi connectivity index (χ0v) is 17.2. The second kappa shape index (κ2) is 6.70. The minimum absolute atomic E-state index is 0.0518. The monoisotopic (exact) mass is 426 g/mol. The molecule has 2 fully saturated rings. The Bertz CT molecular complexity index is 1210. The van der Waals surface area contributed by atoms with E-state index in [1.807, 2.05) is 6.07 Å². The molecule has 0 bridgehead atoms. The zero-order valence-electron chi connectivity index (χ0n) is 15.6. The topological polar surface area (TPSA) is 59.1 Å². The van der Waals surface area contributed by atoms with E-state index in [4.69, 9.17) is 4.74 Å². The number of nitrogens with zero attached hydrogens (tertiary/aromatic N) is 2. The van der Waals surface area contributed by atoms with Gasteiger partial charge in [-0.2, -0.15) is 0 Å². The van der Waals surface area contributed by atoms with Gasteiger partial charge in [-0.1, -0.05) is 0 Å². The number of rotatable bonds is 3. The lowest BCUT2D eigenvalue weighted by Crippen LogP contribution is -2.44. The van der Waals surface area contributed by atoms with Gasteiger partial charge in [-0.05, 0) is 43.7 Å². The van der Waals surface area contributed by atoms with E-state index in [9.17, 15) is 4.39 Å². The molecule has 2 aliphatic heterocycles. The van der Waals surface area contributed by atoms with Crippen LogP contribution in [0, 0.1) is 5.82 Å². The molecule has 148 valence electrons. The summed E-state index contributed by atoms with van der Waals surface area (Å²) in [4.78, 5) is 11.2. The van der Waals surface area contributed by atoms with Gasteiger partial charge < -0.3 is 15.4 Å². The van der Waals surface area contributed by atoms with Gasteiger partial charge in [-0.3, -0.25) is 0 Å². The van der Waals surface area contributed by atoms with Crippen molar-refractivity contribution in [2.45, 2.75) is 24.3 Å². The van der Waals surface area contributed by atoms with Crippen LogP contribution in [0.25, 0.3) is 20.4 Å². The number of benzene rings is 1. The van der Waals surface area contributed by atoms with Crippen LogP contribution >= 0.6 is 22.7 Å². The summed E-state index contributed by atoms with van der Waals surface area (Å²) in [6.45, 7) is 2.60. The molecule has 4 aromatic rings. The molecule has 0 amide bonds. The molecule has 1 aromatic carbocycles. The summed E-state index contributed by atoms with van der Waals surface area (Å²) in [5.74, 6) is 0.157. The van der Waals surface area contributed by atoms with Crippen LogP contribution in [0.3, 0.4) is 0 Å². The maximum atomic E-state index is 14.6. The van der Waals surface area contributed by atoms with Crippen molar-refractivity contribution in [2.75, 3.05) is 25.1 Å². The molecule has 2 N–H and O–H groups in total. The van der Waals surface area contributed by atoms with Gasteiger partial charge in [-0.25, -0.2) is 14.4 Å². The molecule has 8 heteroatoms. The van der Waals surface area contributed by atoms with E-state index >= 15 is 0 Å². The Balaban J connectivity index is 1.39. The lowest BCUT2D eigenvalue weighted by molar-refractivity contribution is 0.168. The van der Waals surface area contributed by atoms with Gasteiger partial charge in [0.05, 0.1) is 39.2 Å². The lowest BCUT2D eigenvalue weighted by atomic mass is 9.83. The summed E-state index contributed by atoms with van der Waals surface area (Å²) >= 11 is 3.18. The van der Waals surface area contributed by atoms with Crippen LogP contribution in [0.1, 0.15) is 23.6 Å². The highest BCUT2D eigenvalue weighted by atomic mass is 32.1. The third kappa shape index (κ3) is 2.85. The summed E-state index contributed by atoms with van der Waals surface area (Å²) < 4.78 is 21.2. The van der Waals surface area contributed by atoms with Crippen molar-refractivity contribution < 1.29 is 9.13 Å². The molecule has 3 aromatic heterocycles. The Kier molecular flexibility index (Phi) is 4.09. The van der Waals surface area contributed by atoms with E-state index in [1.54, 1.807) is 35.2 Å². The van der Waals surface area contributed by atoms with E-state index in [0.29, 0.717) is 11.6 Å². The highest BCUT2D eigenvalue weighted by molar-refractivity contribution is 7.18. The Labute approximate surface area is 174 Å². The summed E-state index contributed by atoms with van der Waals surface area (Å²) in [6, 6.07) is 7.45. The molecule has 0 saturated carbocycles. The molecular weight excluding hydrogens is 407 g/mol. The standard InChI is InChI=1S/C21H19FN4OS2/c22-14-8-19-17(24-11-28-19)9-16(14)26-15-2-4-23-20-12(15)7-18(29-20)13-1-5-25-21(13)3-6-27-10-21/h2,4,7-9,11,13,25H,1,3,5-6,10H2,(H,23,26)/t13-,21?/m1/s1. The molecule has 2 aliphatic rings. The normalized spacial score (nSPS) is 24.2. The van der Waals surface area contributed by atoms with E-state index in [2.05, 4.69) is 26.7 Å². The van der Waals surface area contributed by atoms with Gasteiger partial charge >= 0.3 is 0 Å². The zero-order chi connectivity index (χ0) is 19.4. The van der Waals surface area contributed by atoms with Crippen molar-refractivity contribution in [2.24, 2.45) is 0 Å². The number of aromatic nitrogens is 2. The maximum Gasteiger partial charge on any atom is 0.148 e. The molecule has 29 heavy (non-hydrogen) atoms. The summed E-state index contributed by atoms with van der Waals surface area (Å²) in [6.07, 6.45) is 3.93. The molecule has 0 radical (unpaired) electrons. The summed E-state index contributed by atoms with van der Waals surface area (Å²) in [5.41, 5.74) is 3.90. The first-order chi connectivity index (χ1) is 14.2. The molecule has 1 unspecified atom stereocenters. The van der Waals surface area contributed by atoms with Crippen molar-refractivity contribution in [3.63, 3.8) is 0 Å². The van der Waals surface area contributed by atoms with Crippen LogP contribution in [0.2, 0.25) is 0 Å². The highest BCUT2D eigenvalue weighted by Crippen LogP contribution is 2.45. The number of pyridine rings is 1. The minimum atomic E-state index is -0.274. The Hall–Kier alpha value is -2.13. The average molecular weight is 427 g/mol. The first-order valence-electron chi connectivity index (χ1n) is 9.73. The minimum Gasteiger partial charge on any atom is -0.379 e. The van der Waals surface area contributed by atoms with Gasteiger partial charge in [0.15, 0.2) is 0 Å². The molecule has 5 heterocycles. The van der Waals surface area contributed by atoms with E-state index in [0.717, 1.165) is 58.7 Å². The molecule has 5 nitrogen and oxygen atoms in total. The maximum absolute atomic E-state index is 14.6. The number of fused-ring (bicyclic) bond motifs is 2. The second-order valence-corrected chi connectivity index (χ2v) is 9.68. The number of thiophene rings is 1. The fourth-order valence-corrected chi connectivity index (χ4v) is 6.59. The van der Waals surface area contributed by atoms with Gasteiger partial charge in [0.25, 0.3) is 0 Å². The SMILES string of the molecule is Fc1cc2scnc2cc1Nc1ccnc2sc([C@H]3CCNC34CCOC4)cc12. The van der Waals surface area contributed by atoms with E-state index in [1.165, 1.54) is 16.2 Å². The van der Waals surface area contributed by atoms with Crippen LogP contribution in [-0.2, 0) is 4.74 Å². The first kappa shape index (κ1) is 17.7. The lowest BCUT2D eigenvalue weighted by Gasteiger charge is -2.28. The summed E-state index contributed by atoms with van der Waals surface area (Å²) in [5, 5.41) is 8.00. The number of hydrogen-bond donors (Lipinski definition) is 2.